The van der Waals surface area contributed by atoms with Crippen LogP contribution in [0.25, 0.3) is 0 Å². The van der Waals surface area contributed by atoms with Gasteiger partial charge in [-0.15, -0.1) is 0 Å². The maximum atomic E-state index is 12.2. The van der Waals surface area contributed by atoms with E-state index in [1.807, 2.05) is 0 Å². The van der Waals surface area contributed by atoms with Crippen LogP contribution in [0.5, 0.6) is 0 Å². The summed E-state index contributed by atoms with van der Waals surface area (Å²) in [5.41, 5.74) is 0. The number of aliphatic carboxylic acids is 1. The van der Waals surface area contributed by atoms with E-state index in [1.165, 1.54) is 0 Å². The summed E-state index contributed by atoms with van der Waals surface area (Å²) in [5.74, 6) is -3.45. The summed E-state index contributed by atoms with van der Waals surface area (Å²) in [4.78, 5) is 21.3. The monoisotopic (exact) mass is 227 g/mol. The minimum atomic E-state index is -4.56. The lowest BCUT2D eigenvalue weighted by Crippen LogP contribution is -2.39. The third-order valence-electron chi connectivity index (χ3n) is 2.29. The number of alkyl halides is 3. The first-order valence-electron chi connectivity index (χ1n) is 4.02. The highest BCUT2D eigenvalue weighted by Gasteiger charge is 2.51. The third kappa shape index (κ3) is 2.31. The molecule has 1 rings (SSSR count). The van der Waals surface area contributed by atoms with Gasteiger partial charge in [0.25, 0.3) is 0 Å². The topological polar surface area (TPSA) is 77.8 Å². The number of carbonyl (C=O) groups is 2. The molecular formula is C7H8F3NO4. The van der Waals surface area contributed by atoms with E-state index < -0.39 is 43.2 Å². The summed E-state index contributed by atoms with van der Waals surface area (Å²) in [6.45, 7) is -0.810. The molecule has 0 aromatic carbocycles. The first kappa shape index (κ1) is 11.6. The highest BCUT2D eigenvalue weighted by molar-refractivity contribution is 5.80. The first-order chi connectivity index (χ1) is 6.73. The Morgan fingerprint density at radius 1 is 1.27 bits per heavy atom. The van der Waals surface area contributed by atoms with Gasteiger partial charge in [-0.05, 0) is 6.42 Å². The van der Waals surface area contributed by atoms with Crippen molar-refractivity contribution in [1.82, 2.24) is 4.90 Å². The molecule has 5 nitrogen and oxygen atoms in total. The number of hydrogen-bond acceptors (Lipinski definition) is 2. The average Bonchev–Trinajstić information content (AvgIpc) is 2.45. The maximum absolute atomic E-state index is 12.2. The fourth-order valence-electron chi connectivity index (χ4n) is 1.52. The average molecular weight is 227 g/mol. The molecule has 0 saturated carbocycles. The molecule has 0 aromatic rings. The van der Waals surface area contributed by atoms with E-state index in [-0.39, 0.29) is 0 Å². The zero-order valence-electron chi connectivity index (χ0n) is 7.36. The van der Waals surface area contributed by atoms with Crippen LogP contribution in [0.4, 0.5) is 18.0 Å². The lowest BCUT2D eigenvalue weighted by atomic mass is 10.1. The van der Waals surface area contributed by atoms with Crippen molar-refractivity contribution in [2.75, 3.05) is 6.54 Å². The molecular weight excluding hydrogens is 219 g/mol. The fourth-order valence-corrected chi connectivity index (χ4v) is 1.52. The number of nitrogens with zero attached hydrogens (tertiary/aromatic N) is 1. The molecule has 1 heterocycles. The Morgan fingerprint density at radius 3 is 2.07 bits per heavy atom. The van der Waals surface area contributed by atoms with Crippen LogP contribution in [-0.2, 0) is 4.79 Å². The molecule has 2 N–H and O–H groups in total. The van der Waals surface area contributed by atoms with Crippen molar-refractivity contribution in [2.45, 2.75) is 18.6 Å². The summed E-state index contributed by atoms with van der Waals surface area (Å²) in [7, 11) is 0. The predicted molar refractivity (Wildman–Crippen MR) is 40.3 cm³/mol. The van der Waals surface area contributed by atoms with Gasteiger partial charge in [0.1, 0.15) is 6.04 Å². The molecule has 1 fully saturated rings. The van der Waals surface area contributed by atoms with Crippen molar-refractivity contribution in [3.05, 3.63) is 0 Å². The Bertz CT molecular complexity index is 268. The fraction of sp³-hybridized carbons (Fsp3) is 0.714. The van der Waals surface area contributed by atoms with E-state index in [4.69, 9.17) is 10.2 Å². The number of carboxylic acid groups (broad SMARTS) is 2. The third-order valence-corrected chi connectivity index (χ3v) is 2.29. The van der Waals surface area contributed by atoms with Gasteiger partial charge in [0.2, 0.25) is 0 Å². The van der Waals surface area contributed by atoms with Gasteiger partial charge in [-0.2, -0.15) is 13.2 Å². The summed E-state index contributed by atoms with van der Waals surface area (Å²) >= 11 is 0. The molecule has 0 spiro atoms. The molecule has 1 aliphatic rings. The van der Waals surface area contributed by atoms with Crippen LogP contribution in [0.3, 0.4) is 0 Å². The molecule has 86 valence electrons. The molecule has 15 heavy (non-hydrogen) atoms. The molecule has 0 aromatic heterocycles. The molecule has 2 atom stereocenters. The first-order valence-corrected chi connectivity index (χ1v) is 4.02. The van der Waals surface area contributed by atoms with Crippen LogP contribution < -0.4 is 0 Å². The van der Waals surface area contributed by atoms with Crippen LogP contribution in [0.15, 0.2) is 0 Å². The van der Waals surface area contributed by atoms with E-state index in [0.29, 0.717) is 4.90 Å². The van der Waals surface area contributed by atoms with Crippen LogP contribution in [0.1, 0.15) is 6.42 Å². The Labute approximate surface area is 82.1 Å². The summed E-state index contributed by atoms with van der Waals surface area (Å²) in [6.07, 6.45) is -6.92. The van der Waals surface area contributed by atoms with Gasteiger partial charge in [-0.1, -0.05) is 0 Å². The summed E-state index contributed by atoms with van der Waals surface area (Å²) in [5, 5.41) is 17.1. The molecule has 1 amide bonds. The zero-order valence-corrected chi connectivity index (χ0v) is 7.36. The molecule has 0 radical (unpaired) electrons. The van der Waals surface area contributed by atoms with Gasteiger partial charge in [-0.25, -0.2) is 9.59 Å². The second kappa shape index (κ2) is 3.59. The van der Waals surface area contributed by atoms with Crippen LogP contribution >= 0.6 is 0 Å². The van der Waals surface area contributed by atoms with Gasteiger partial charge in [0, 0.05) is 6.54 Å². The van der Waals surface area contributed by atoms with Crippen LogP contribution in [0, 0.1) is 5.92 Å². The zero-order chi connectivity index (χ0) is 11.8. The van der Waals surface area contributed by atoms with Gasteiger partial charge >= 0.3 is 18.2 Å². The van der Waals surface area contributed by atoms with Crippen molar-refractivity contribution in [3.63, 3.8) is 0 Å². The van der Waals surface area contributed by atoms with Crippen molar-refractivity contribution in [3.8, 4) is 0 Å². The minimum Gasteiger partial charge on any atom is -0.480 e. The Kier molecular flexibility index (Phi) is 2.78. The number of amides is 1. The van der Waals surface area contributed by atoms with Gasteiger partial charge in [-0.3, -0.25) is 4.90 Å². The normalized spacial score (nSPS) is 26.7. The Balaban J connectivity index is 2.83. The van der Waals surface area contributed by atoms with E-state index >= 15 is 0 Å². The highest BCUT2D eigenvalue weighted by atomic mass is 19.4. The van der Waals surface area contributed by atoms with Crippen molar-refractivity contribution in [1.29, 1.82) is 0 Å². The minimum absolute atomic E-state index is 0.306. The smallest absolute Gasteiger partial charge is 0.408 e. The van der Waals surface area contributed by atoms with E-state index in [0.717, 1.165) is 0 Å². The van der Waals surface area contributed by atoms with E-state index in [1.54, 1.807) is 0 Å². The molecule has 0 aliphatic carbocycles. The Morgan fingerprint density at radius 2 is 1.80 bits per heavy atom. The van der Waals surface area contributed by atoms with Crippen molar-refractivity contribution >= 4 is 12.1 Å². The second-order valence-electron chi connectivity index (χ2n) is 3.26. The maximum Gasteiger partial charge on any atom is 0.408 e. The van der Waals surface area contributed by atoms with Crippen LogP contribution in [0.2, 0.25) is 0 Å². The van der Waals surface area contributed by atoms with Crippen LogP contribution in [-0.4, -0.2) is 45.9 Å². The lowest BCUT2D eigenvalue weighted by molar-refractivity contribution is -0.170. The molecule has 0 bridgehead atoms. The number of halogens is 3. The molecule has 1 aliphatic heterocycles. The van der Waals surface area contributed by atoms with E-state index in [9.17, 15) is 22.8 Å². The SMILES string of the molecule is O=C(O)[C@@H]1C[C@H](C(F)(F)F)CN1C(=O)O. The van der Waals surface area contributed by atoms with Crippen molar-refractivity contribution < 1.29 is 33.0 Å². The quantitative estimate of drug-likeness (QED) is 0.700. The molecule has 0 unspecified atom stereocenters. The summed E-state index contributed by atoms with van der Waals surface area (Å²) in [6, 6.07) is -1.60. The van der Waals surface area contributed by atoms with E-state index in [2.05, 4.69) is 0 Å². The molecule has 1 saturated heterocycles. The highest BCUT2D eigenvalue weighted by Crippen LogP contribution is 2.36. The summed E-state index contributed by atoms with van der Waals surface area (Å²) < 4.78 is 36.7. The number of carboxylic acids is 1. The van der Waals surface area contributed by atoms with Gasteiger partial charge in [0.15, 0.2) is 0 Å². The standard InChI is InChI=1S/C7H8F3NO4/c8-7(9,10)3-1-4(5(12)13)11(2-3)6(14)15/h3-4H,1-2H2,(H,12,13)(H,14,15)/t3-,4-/m0/s1. The van der Waals surface area contributed by atoms with Gasteiger partial charge in [0.05, 0.1) is 5.92 Å². The Hall–Kier alpha value is -1.47. The number of hydrogen-bond donors (Lipinski definition) is 2. The number of likely N-dealkylation sites (tertiary alicyclic amines) is 1. The predicted octanol–water partition coefficient (Wildman–Crippen LogP) is 1.00. The van der Waals surface area contributed by atoms with Crippen molar-refractivity contribution in [2.24, 2.45) is 5.92 Å². The molecule has 8 heteroatoms. The number of rotatable bonds is 1. The lowest BCUT2D eigenvalue weighted by Gasteiger charge is -2.17. The second-order valence-corrected chi connectivity index (χ2v) is 3.26. The van der Waals surface area contributed by atoms with Gasteiger partial charge < -0.3 is 10.2 Å². The largest absolute Gasteiger partial charge is 0.480 e.